The van der Waals surface area contributed by atoms with Gasteiger partial charge in [-0.25, -0.2) is 9.78 Å². The number of rotatable bonds is 6. The molecule has 2 aliphatic carbocycles. The van der Waals surface area contributed by atoms with Crippen LogP contribution in [0.15, 0.2) is 24.3 Å². The number of hydrogen-bond acceptors (Lipinski definition) is 7. The summed E-state index contributed by atoms with van der Waals surface area (Å²) in [6.07, 6.45) is 2.71. The number of esters is 1. The van der Waals surface area contributed by atoms with Crippen molar-refractivity contribution in [2.75, 3.05) is 21.3 Å². The molecule has 0 N–H and O–H groups in total. The highest BCUT2D eigenvalue weighted by molar-refractivity contribution is 5.99. The Morgan fingerprint density at radius 2 is 1.51 bits per heavy atom. The number of ether oxygens (including phenoxy) is 3. The monoisotopic (exact) mass is 480 g/mol. The molecule has 1 aromatic carbocycles. The SMILES string of the molecule is COC(=O)c1ccc(C(C(OC)OC)C2CCc3nc4c(nc3C2=O)C(C)(C)CCC4(C)C)cc1. The van der Waals surface area contributed by atoms with E-state index in [0.29, 0.717) is 24.1 Å². The third kappa shape index (κ3) is 4.52. The summed E-state index contributed by atoms with van der Waals surface area (Å²) in [5, 5.41) is 0. The van der Waals surface area contributed by atoms with Crippen LogP contribution in [0.1, 0.15) is 96.4 Å². The number of fused-ring (bicyclic) bond motifs is 2. The van der Waals surface area contributed by atoms with E-state index in [-0.39, 0.29) is 28.4 Å². The average Bonchev–Trinajstić information content (AvgIpc) is 2.85. The number of Topliss-reactive ketones (excluding diaryl/α,β-unsaturated/α-hetero) is 1. The van der Waals surface area contributed by atoms with Crippen molar-refractivity contribution < 1.29 is 23.8 Å². The van der Waals surface area contributed by atoms with Crippen molar-refractivity contribution in [3.05, 3.63) is 58.2 Å². The Bertz CT molecular complexity index is 1120. The Balaban J connectivity index is 1.76. The molecule has 7 nitrogen and oxygen atoms in total. The minimum Gasteiger partial charge on any atom is -0.465 e. The zero-order valence-electron chi connectivity index (χ0n) is 21.8. The van der Waals surface area contributed by atoms with E-state index >= 15 is 0 Å². The van der Waals surface area contributed by atoms with E-state index < -0.39 is 12.3 Å². The first-order valence-electron chi connectivity index (χ1n) is 12.2. The van der Waals surface area contributed by atoms with E-state index in [1.807, 2.05) is 12.1 Å². The van der Waals surface area contributed by atoms with Gasteiger partial charge in [0.2, 0.25) is 0 Å². The maximum Gasteiger partial charge on any atom is 0.337 e. The fraction of sp³-hybridized carbons (Fsp3) is 0.571. The topological polar surface area (TPSA) is 87.6 Å². The Labute approximate surface area is 207 Å². The molecule has 2 unspecified atom stereocenters. The number of nitrogens with zero attached hydrogens (tertiary/aromatic N) is 2. The smallest absolute Gasteiger partial charge is 0.337 e. The number of aromatic nitrogens is 2. The van der Waals surface area contributed by atoms with Gasteiger partial charge < -0.3 is 14.2 Å². The Morgan fingerprint density at radius 1 is 0.943 bits per heavy atom. The molecular formula is C28H36N2O5. The summed E-state index contributed by atoms with van der Waals surface area (Å²) in [5.41, 5.74) is 4.36. The van der Waals surface area contributed by atoms with Crippen molar-refractivity contribution in [1.29, 1.82) is 0 Å². The first-order valence-corrected chi connectivity index (χ1v) is 12.2. The summed E-state index contributed by atoms with van der Waals surface area (Å²) < 4.78 is 16.1. The molecule has 188 valence electrons. The molecule has 35 heavy (non-hydrogen) atoms. The molecule has 0 saturated carbocycles. The maximum atomic E-state index is 14.0. The van der Waals surface area contributed by atoms with Crippen LogP contribution in [0.25, 0.3) is 0 Å². The fourth-order valence-corrected chi connectivity index (χ4v) is 5.52. The maximum absolute atomic E-state index is 14.0. The standard InChI is InChI=1S/C28H36N2O5/c1-27(2)14-15-28(3,4)24-23(27)29-19-13-12-18(22(31)21(19)30-24)20(26(34-6)35-7)16-8-10-17(11-9-16)25(32)33-5/h8-11,18,20,26H,12-15H2,1-7H3. The molecule has 4 rings (SSSR count). The summed E-state index contributed by atoms with van der Waals surface area (Å²) in [4.78, 5) is 35.9. The highest BCUT2D eigenvalue weighted by atomic mass is 16.7. The van der Waals surface area contributed by atoms with Crippen LogP contribution >= 0.6 is 0 Å². The summed E-state index contributed by atoms with van der Waals surface area (Å²) in [7, 11) is 4.50. The third-order valence-electron chi connectivity index (χ3n) is 7.80. The number of methoxy groups -OCH3 is 3. The van der Waals surface area contributed by atoms with Crippen molar-refractivity contribution in [2.24, 2.45) is 5.92 Å². The number of carbonyl (C=O) groups is 2. The number of benzene rings is 1. The van der Waals surface area contributed by atoms with Crippen LogP contribution in [0.3, 0.4) is 0 Å². The zero-order chi connectivity index (χ0) is 25.5. The fourth-order valence-electron chi connectivity index (χ4n) is 5.52. The van der Waals surface area contributed by atoms with Crippen molar-refractivity contribution in [1.82, 2.24) is 9.97 Å². The second-order valence-electron chi connectivity index (χ2n) is 11.0. The molecule has 0 bridgehead atoms. The molecular weight excluding hydrogens is 444 g/mol. The zero-order valence-corrected chi connectivity index (χ0v) is 21.8. The van der Waals surface area contributed by atoms with Crippen LogP contribution in [-0.4, -0.2) is 49.3 Å². The number of hydrogen-bond donors (Lipinski definition) is 0. The molecule has 7 heteroatoms. The number of aryl methyl sites for hydroxylation is 1. The van der Waals surface area contributed by atoms with Gasteiger partial charge in [0.1, 0.15) is 5.69 Å². The van der Waals surface area contributed by atoms with Gasteiger partial charge in [0.25, 0.3) is 0 Å². The third-order valence-corrected chi connectivity index (χ3v) is 7.80. The van der Waals surface area contributed by atoms with E-state index in [1.54, 1.807) is 26.4 Å². The largest absolute Gasteiger partial charge is 0.465 e. The van der Waals surface area contributed by atoms with Crippen molar-refractivity contribution >= 4 is 11.8 Å². The second-order valence-corrected chi connectivity index (χ2v) is 11.0. The quantitative estimate of drug-likeness (QED) is 0.435. The summed E-state index contributed by atoms with van der Waals surface area (Å²) in [5.74, 6) is -1.18. The minimum atomic E-state index is -0.629. The number of ketones is 1. The van der Waals surface area contributed by atoms with Crippen LogP contribution in [0.2, 0.25) is 0 Å². The predicted molar refractivity (Wildman–Crippen MR) is 132 cm³/mol. The predicted octanol–water partition coefficient (Wildman–Crippen LogP) is 4.76. The first-order chi connectivity index (χ1) is 16.5. The molecule has 2 aromatic rings. The lowest BCUT2D eigenvalue weighted by atomic mass is 9.67. The van der Waals surface area contributed by atoms with Gasteiger partial charge in [-0.05, 0) is 43.4 Å². The summed E-state index contributed by atoms with van der Waals surface area (Å²) >= 11 is 0. The lowest BCUT2D eigenvalue weighted by molar-refractivity contribution is -0.125. The normalized spacial score (nSPS) is 21.3. The Hall–Kier alpha value is -2.64. The molecule has 2 aliphatic rings. The van der Waals surface area contributed by atoms with E-state index in [2.05, 4.69) is 27.7 Å². The van der Waals surface area contributed by atoms with Crippen LogP contribution in [0.5, 0.6) is 0 Å². The lowest BCUT2D eigenvalue weighted by Crippen LogP contribution is -2.40. The highest BCUT2D eigenvalue weighted by Crippen LogP contribution is 2.46. The van der Waals surface area contributed by atoms with Crippen molar-refractivity contribution in [3.63, 3.8) is 0 Å². The van der Waals surface area contributed by atoms with Gasteiger partial charge in [-0.3, -0.25) is 9.78 Å². The van der Waals surface area contributed by atoms with Crippen LogP contribution in [-0.2, 0) is 31.5 Å². The van der Waals surface area contributed by atoms with Gasteiger partial charge in [-0.15, -0.1) is 0 Å². The Kier molecular flexibility index (Phi) is 6.86. The molecule has 0 amide bonds. The van der Waals surface area contributed by atoms with E-state index in [1.165, 1.54) is 7.11 Å². The van der Waals surface area contributed by atoms with Gasteiger partial charge in [0.05, 0.1) is 29.8 Å². The van der Waals surface area contributed by atoms with Crippen LogP contribution in [0.4, 0.5) is 0 Å². The highest BCUT2D eigenvalue weighted by Gasteiger charge is 2.44. The average molecular weight is 481 g/mol. The van der Waals surface area contributed by atoms with Crippen molar-refractivity contribution in [2.45, 2.75) is 76.4 Å². The first kappa shape index (κ1) is 25.5. The van der Waals surface area contributed by atoms with Gasteiger partial charge in [0, 0.05) is 36.9 Å². The molecule has 2 atom stereocenters. The van der Waals surface area contributed by atoms with Crippen molar-refractivity contribution in [3.8, 4) is 0 Å². The van der Waals surface area contributed by atoms with Crippen LogP contribution in [0, 0.1) is 5.92 Å². The molecule has 0 radical (unpaired) electrons. The van der Waals surface area contributed by atoms with Crippen LogP contribution < -0.4 is 0 Å². The van der Waals surface area contributed by atoms with Gasteiger partial charge in [0.15, 0.2) is 12.1 Å². The Morgan fingerprint density at radius 3 is 2.06 bits per heavy atom. The molecule has 0 saturated heterocycles. The van der Waals surface area contributed by atoms with Gasteiger partial charge in [-0.1, -0.05) is 39.8 Å². The lowest BCUT2D eigenvalue weighted by Gasteiger charge is -2.41. The molecule has 1 heterocycles. The van der Waals surface area contributed by atoms with E-state index in [9.17, 15) is 9.59 Å². The summed E-state index contributed by atoms with van der Waals surface area (Å²) in [6.45, 7) is 8.80. The van der Waals surface area contributed by atoms with Gasteiger partial charge >= 0.3 is 5.97 Å². The molecule has 1 aromatic heterocycles. The molecule has 0 aliphatic heterocycles. The van der Waals surface area contributed by atoms with E-state index in [0.717, 1.165) is 35.5 Å². The second kappa shape index (κ2) is 9.43. The molecule has 0 fully saturated rings. The van der Waals surface area contributed by atoms with Gasteiger partial charge in [-0.2, -0.15) is 0 Å². The molecule has 0 spiro atoms. The van der Waals surface area contributed by atoms with E-state index in [4.69, 9.17) is 24.2 Å². The number of carbonyl (C=O) groups excluding carboxylic acids is 2. The summed E-state index contributed by atoms with van der Waals surface area (Å²) in [6, 6.07) is 7.10. The minimum absolute atomic E-state index is 0.0260.